The van der Waals surface area contributed by atoms with Crippen LogP contribution in [0, 0.1) is 6.92 Å². The van der Waals surface area contributed by atoms with E-state index in [4.69, 9.17) is 0 Å². The number of aromatic nitrogens is 3. The van der Waals surface area contributed by atoms with Crippen molar-refractivity contribution < 1.29 is 4.79 Å². The van der Waals surface area contributed by atoms with Gasteiger partial charge in [-0.15, -0.1) is 11.3 Å². The lowest BCUT2D eigenvalue weighted by Crippen LogP contribution is -2.39. The molecule has 1 aliphatic rings. The third kappa shape index (κ3) is 3.22. The predicted octanol–water partition coefficient (Wildman–Crippen LogP) is 3.86. The van der Waals surface area contributed by atoms with Gasteiger partial charge in [-0.25, -0.2) is 4.98 Å². The van der Waals surface area contributed by atoms with Crippen LogP contribution < -0.4 is 0 Å². The summed E-state index contributed by atoms with van der Waals surface area (Å²) in [5.41, 5.74) is 2.06. The van der Waals surface area contributed by atoms with Crippen molar-refractivity contribution in [3.63, 3.8) is 0 Å². The fourth-order valence-electron chi connectivity index (χ4n) is 3.29. The number of nitrogens with zero attached hydrogens (tertiary/aromatic N) is 3. The molecular formula is C19H20N4OS. The number of aromatic amines is 1. The summed E-state index contributed by atoms with van der Waals surface area (Å²) in [6.07, 6.45) is 2.01. The number of rotatable bonds is 3. The van der Waals surface area contributed by atoms with Crippen LogP contribution in [0.2, 0.25) is 0 Å². The summed E-state index contributed by atoms with van der Waals surface area (Å²) in [4.78, 5) is 20.3. The van der Waals surface area contributed by atoms with E-state index in [1.807, 2.05) is 53.6 Å². The number of likely N-dealkylation sites (tertiary alicyclic amines) is 1. The molecular weight excluding hydrogens is 332 g/mol. The molecule has 3 heterocycles. The second-order valence-corrected chi connectivity index (χ2v) is 7.35. The fourth-order valence-corrected chi connectivity index (χ4v) is 4.19. The van der Waals surface area contributed by atoms with Crippen LogP contribution in [-0.2, 0) is 0 Å². The minimum Gasteiger partial charge on any atom is -0.337 e. The van der Waals surface area contributed by atoms with E-state index in [1.54, 1.807) is 0 Å². The van der Waals surface area contributed by atoms with E-state index in [-0.39, 0.29) is 11.8 Å². The number of piperidine rings is 1. The fraction of sp³-hybridized carbons (Fsp3) is 0.316. The summed E-state index contributed by atoms with van der Waals surface area (Å²) in [5, 5.41) is 9.42. The molecule has 25 heavy (non-hydrogen) atoms. The Hall–Kier alpha value is -2.47. The van der Waals surface area contributed by atoms with E-state index >= 15 is 0 Å². The summed E-state index contributed by atoms with van der Waals surface area (Å²) in [5.74, 6) is 1.94. The Morgan fingerprint density at radius 1 is 1.28 bits per heavy atom. The first-order chi connectivity index (χ1) is 12.2. The molecule has 1 atom stereocenters. The van der Waals surface area contributed by atoms with E-state index in [9.17, 15) is 4.79 Å². The van der Waals surface area contributed by atoms with Gasteiger partial charge in [0, 0.05) is 24.6 Å². The Balaban J connectivity index is 1.51. The van der Waals surface area contributed by atoms with Gasteiger partial charge in [-0.2, -0.15) is 5.10 Å². The normalized spacial score (nSPS) is 17.6. The molecule has 0 aliphatic carbocycles. The lowest BCUT2D eigenvalue weighted by atomic mass is 9.97. The van der Waals surface area contributed by atoms with Gasteiger partial charge in [0.15, 0.2) is 5.82 Å². The summed E-state index contributed by atoms with van der Waals surface area (Å²) in [6, 6.07) is 12.0. The van der Waals surface area contributed by atoms with Gasteiger partial charge in [-0.3, -0.25) is 9.89 Å². The molecule has 1 fully saturated rings. The zero-order valence-corrected chi connectivity index (χ0v) is 14.9. The van der Waals surface area contributed by atoms with Gasteiger partial charge in [-0.1, -0.05) is 30.3 Å². The highest BCUT2D eigenvalue weighted by Gasteiger charge is 2.28. The Bertz CT molecular complexity index is 870. The van der Waals surface area contributed by atoms with Gasteiger partial charge < -0.3 is 4.90 Å². The zero-order valence-electron chi connectivity index (χ0n) is 14.1. The van der Waals surface area contributed by atoms with E-state index < -0.39 is 0 Å². The molecule has 1 unspecified atom stereocenters. The monoisotopic (exact) mass is 352 g/mol. The van der Waals surface area contributed by atoms with Crippen LogP contribution >= 0.6 is 11.3 Å². The van der Waals surface area contributed by atoms with Crippen molar-refractivity contribution in [3.8, 4) is 11.4 Å². The Morgan fingerprint density at radius 3 is 2.88 bits per heavy atom. The van der Waals surface area contributed by atoms with E-state index in [0.29, 0.717) is 12.4 Å². The smallest absolute Gasteiger partial charge is 0.264 e. The van der Waals surface area contributed by atoms with Gasteiger partial charge in [0.25, 0.3) is 5.91 Å². The molecule has 4 rings (SSSR count). The number of H-pyrrole nitrogens is 1. The third-order valence-corrected chi connectivity index (χ3v) is 5.69. The molecule has 6 heteroatoms. The maximum atomic E-state index is 12.8. The number of nitrogens with one attached hydrogen (secondary N) is 1. The van der Waals surface area contributed by atoms with Crippen LogP contribution in [0.3, 0.4) is 0 Å². The number of thiophene rings is 1. The minimum absolute atomic E-state index is 0.139. The first-order valence-corrected chi connectivity index (χ1v) is 9.41. The number of carbonyl (C=O) groups excluding carboxylic acids is 1. The standard InChI is InChI=1S/C19H20N4OS/c1-13-9-11-25-16(13)19(24)23-10-5-8-15(12-23)18-20-17(21-22-18)14-6-3-2-4-7-14/h2-4,6-7,9,11,15H,5,8,10,12H2,1H3,(H,20,21,22). The summed E-state index contributed by atoms with van der Waals surface area (Å²) in [7, 11) is 0. The Morgan fingerprint density at radius 2 is 2.12 bits per heavy atom. The second kappa shape index (κ2) is 6.80. The number of hydrogen-bond acceptors (Lipinski definition) is 4. The number of carbonyl (C=O) groups is 1. The highest BCUT2D eigenvalue weighted by atomic mass is 32.1. The van der Waals surface area contributed by atoms with Crippen LogP contribution in [0.1, 0.15) is 39.8 Å². The highest BCUT2D eigenvalue weighted by Crippen LogP contribution is 2.28. The zero-order chi connectivity index (χ0) is 17.2. The molecule has 0 spiro atoms. The van der Waals surface area contributed by atoms with E-state index in [0.717, 1.165) is 41.2 Å². The molecule has 0 bridgehead atoms. The number of hydrogen-bond donors (Lipinski definition) is 1. The molecule has 1 N–H and O–H groups in total. The van der Waals surface area contributed by atoms with Crippen LogP contribution in [0.4, 0.5) is 0 Å². The molecule has 5 nitrogen and oxygen atoms in total. The number of benzene rings is 1. The quantitative estimate of drug-likeness (QED) is 0.778. The molecule has 1 aromatic carbocycles. The predicted molar refractivity (Wildman–Crippen MR) is 98.8 cm³/mol. The maximum Gasteiger partial charge on any atom is 0.264 e. The first kappa shape index (κ1) is 16.0. The van der Waals surface area contributed by atoms with Crippen LogP contribution in [0.25, 0.3) is 11.4 Å². The summed E-state index contributed by atoms with van der Waals surface area (Å²) in [6.45, 7) is 3.50. The Labute approximate surface area is 150 Å². The van der Waals surface area contributed by atoms with Crippen molar-refractivity contribution in [1.29, 1.82) is 0 Å². The third-order valence-electron chi connectivity index (χ3n) is 4.69. The van der Waals surface area contributed by atoms with Gasteiger partial charge >= 0.3 is 0 Å². The largest absolute Gasteiger partial charge is 0.337 e. The Kier molecular flexibility index (Phi) is 4.36. The van der Waals surface area contributed by atoms with Gasteiger partial charge in [0.2, 0.25) is 0 Å². The average Bonchev–Trinajstić information content (AvgIpc) is 3.31. The molecule has 1 amide bonds. The van der Waals surface area contributed by atoms with Gasteiger partial charge in [0.1, 0.15) is 5.82 Å². The number of amides is 1. The second-order valence-electron chi connectivity index (χ2n) is 6.43. The molecule has 0 radical (unpaired) electrons. The number of aryl methyl sites for hydroxylation is 1. The molecule has 0 saturated carbocycles. The SMILES string of the molecule is Cc1ccsc1C(=O)N1CCCC(c2nc(-c3ccccc3)n[nH]2)C1. The molecule has 3 aromatic rings. The highest BCUT2D eigenvalue weighted by molar-refractivity contribution is 7.12. The molecule has 128 valence electrons. The van der Waals surface area contributed by atoms with Crippen molar-refractivity contribution >= 4 is 17.2 Å². The lowest BCUT2D eigenvalue weighted by molar-refractivity contribution is 0.0709. The van der Waals surface area contributed by atoms with E-state index in [2.05, 4.69) is 15.2 Å². The van der Waals surface area contributed by atoms with Crippen molar-refractivity contribution in [3.05, 3.63) is 58.0 Å². The van der Waals surface area contributed by atoms with Gasteiger partial charge in [-0.05, 0) is 36.8 Å². The van der Waals surface area contributed by atoms with Crippen LogP contribution in [0.15, 0.2) is 41.8 Å². The first-order valence-electron chi connectivity index (χ1n) is 8.53. The van der Waals surface area contributed by atoms with Crippen molar-refractivity contribution in [2.45, 2.75) is 25.7 Å². The topological polar surface area (TPSA) is 61.9 Å². The maximum absolute atomic E-state index is 12.8. The summed E-state index contributed by atoms with van der Waals surface area (Å²) >= 11 is 1.52. The van der Waals surface area contributed by atoms with Gasteiger partial charge in [0.05, 0.1) is 4.88 Å². The van der Waals surface area contributed by atoms with Crippen molar-refractivity contribution in [1.82, 2.24) is 20.1 Å². The molecule has 1 aliphatic heterocycles. The van der Waals surface area contributed by atoms with Crippen molar-refractivity contribution in [2.75, 3.05) is 13.1 Å². The minimum atomic E-state index is 0.139. The van der Waals surface area contributed by atoms with E-state index in [1.165, 1.54) is 11.3 Å². The molecule has 2 aromatic heterocycles. The average molecular weight is 352 g/mol. The lowest BCUT2D eigenvalue weighted by Gasteiger charge is -2.31. The van der Waals surface area contributed by atoms with Crippen LogP contribution in [0.5, 0.6) is 0 Å². The van der Waals surface area contributed by atoms with Crippen molar-refractivity contribution in [2.24, 2.45) is 0 Å². The summed E-state index contributed by atoms with van der Waals surface area (Å²) < 4.78 is 0. The molecule has 1 saturated heterocycles. The van der Waals surface area contributed by atoms with Crippen LogP contribution in [-0.4, -0.2) is 39.1 Å².